The highest BCUT2D eigenvalue weighted by Crippen LogP contribution is 2.31. The number of hydrogen-bond donors (Lipinski definition) is 1. The minimum atomic E-state index is 0.734. The maximum Gasteiger partial charge on any atom is 0.0405 e. The molecule has 1 unspecified atom stereocenters. The molecular formula is C16H19NS. The quantitative estimate of drug-likeness (QED) is 0.850. The topological polar surface area (TPSA) is 12.0 Å². The Morgan fingerprint density at radius 1 is 1.28 bits per heavy atom. The Bertz CT molecular complexity index is 542. The second-order valence-corrected chi connectivity index (χ2v) is 6.31. The molecule has 1 nitrogen and oxygen atoms in total. The van der Waals surface area contributed by atoms with Gasteiger partial charge in [0.2, 0.25) is 0 Å². The lowest BCUT2D eigenvalue weighted by atomic mass is 9.88. The Morgan fingerprint density at radius 3 is 2.94 bits per heavy atom. The van der Waals surface area contributed by atoms with Crippen molar-refractivity contribution in [3.05, 3.63) is 51.2 Å². The third-order valence-corrected chi connectivity index (χ3v) is 4.87. The van der Waals surface area contributed by atoms with Crippen molar-refractivity contribution in [2.75, 3.05) is 11.9 Å². The Kier molecular flexibility index (Phi) is 3.13. The molecule has 94 valence electrons. The average Bonchev–Trinajstić information content (AvgIpc) is 2.87. The van der Waals surface area contributed by atoms with E-state index in [2.05, 4.69) is 48.8 Å². The largest absolute Gasteiger partial charge is 0.384 e. The second-order valence-electron chi connectivity index (χ2n) is 5.28. The molecule has 1 aliphatic heterocycles. The van der Waals surface area contributed by atoms with E-state index in [4.69, 9.17) is 0 Å². The molecule has 1 atom stereocenters. The average molecular weight is 257 g/mol. The first-order chi connectivity index (χ1) is 8.74. The van der Waals surface area contributed by atoms with E-state index in [0.717, 1.165) is 12.5 Å². The van der Waals surface area contributed by atoms with Crippen LogP contribution < -0.4 is 5.32 Å². The van der Waals surface area contributed by atoms with Crippen molar-refractivity contribution in [2.24, 2.45) is 5.92 Å². The summed E-state index contributed by atoms with van der Waals surface area (Å²) in [6.45, 7) is 5.52. The van der Waals surface area contributed by atoms with Gasteiger partial charge in [-0.3, -0.25) is 0 Å². The van der Waals surface area contributed by atoms with Crippen LogP contribution in [0, 0.1) is 19.8 Å². The van der Waals surface area contributed by atoms with Crippen LogP contribution >= 0.6 is 11.3 Å². The van der Waals surface area contributed by atoms with Crippen LogP contribution in [0.3, 0.4) is 0 Å². The van der Waals surface area contributed by atoms with Gasteiger partial charge in [0.25, 0.3) is 0 Å². The summed E-state index contributed by atoms with van der Waals surface area (Å²) < 4.78 is 0. The zero-order valence-corrected chi connectivity index (χ0v) is 11.8. The Morgan fingerprint density at radius 2 is 2.17 bits per heavy atom. The predicted octanol–water partition coefficient (Wildman–Crippen LogP) is 4.19. The van der Waals surface area contributed by atoms with Crippen LogP contribution in [0.1, 0.15) is 21.6 Å². The summed E-state index contributed by atoms with van der Waals surface area (Å²) in [5, 5.41) is 5.81. The van der Waals surface area contributed by atoms with Crippen molar-refractivity contribution < 1.29 is 0 Å². The number of aryl methyl sites for hydroxylation is 1. The Hall–Kier alpha value is -1.28. The van der Waals surface area contributed by atoms with E-state index in [9.17, 15) is 0 Å². The number of benzene rings is 1. The van der Waals surface area contributed by atoms with Crippen molar-refractivity contribution >= 4 is 17.0 Å². The number of anilines is 1. The number of nitrogens with one attached hydrogen (secondary N) is 1. The third kappa shape index (κ3) is 2.17. The van der Waals surface area contributed by atoms with Crippen LogP contribution in [-0.4, -0.2) is 6.54 Å². The van der Waals surface area contributed by atoms with E-state index in [1.165, 1.54) is 40.1 Å². The Labute approximate surface area is 113 Å². The summed E-state index contributed by atoms with van der Waals surface area (Å²) in [4.78, 5) is 1.51. The lowest BCUT2D eigenvalue weighted by molar-refractivity contribution is 0.539. The number of fused-ring (bicyclic) bond motifs is 1. The molecule has 0 saturated carbocycles. The summed E-state index contributed by atoms with van der Waals surface area (Å²) in [5.74, 6) is 0.734. The van der Waals surface area contributed by atoms with E-state index in [1.807, 2.05) is 11.3 Å². The van der Waals surface area contributed by atoms with Gasteiger partial charge >= 0.3 is 0 Å². The number of thiophene rings is 1. The lowest BCUT2D eigenvalue weighted by Crippen LogP contribution is -2.25. The maximum atomic E-state index is 3.64. The van der Waals surface area contributed by atoms with Crippen LogP contribution in [-0.2, 0) is 12.8 Å². The van der Waals surface area contributed by atoms with Crippen molar-refractivity contribution in [3.63, 3.8) is 0 Å². The molecule has 0 radical (unpaired) electrons. The molecule has 0 aliphatic carbocycles. The highest BCUT2D eigenvalue weighted by atomic mass is 32.1. The first-order valence-electron chi connectivity index (χ1n) is 6.59. The molecule has 3 rings (SSSR count). The first-order valence-corrected chi connectivity index (χ1v) is 7.47. The molecule has 0 saturated heterocycles. The molecular weight excluding hydrogens is 238 g/mol. The summed E-state index contributed by atoms with van der Waals surface area (Å²) in [5.41, 5.74) is 5.68. The van der Waals surface area contributed by atoms with Crippen molar-refractivity contribution in [3.8, 4) is 0 Å². The van der Waals surface area contributed by atoms with Crippen molar-refractivity contribution in [1.29, 1.82) is 0 Å². The molecule has 2 heterocycles. The fourth-order valence-electron chi connectivity index (χ4n) is 2.78. The van der Waals surface area contributed by atoms with Gasteiger partial charge in [-0.1, -0.05) is 18.2 Å². The highest BCUT2D eigenvalue weighted by molar-refractivity contribution is 7.09. The molecule has 0 bridgehead atoms. The van der Waals surface area contributed by atoms with E-state index in [-0.39, 0.29) is 0 Å². The summed E-state index contributed by atoms with van der Waals surface area (Å²) in [6.07, 6.45) is 2.42. The Balaban J connectivity index is 1.79. The minimum Gasteiger partial charge on any atom is -0.384 e. The first kappa shape index (κ1) is 11.8. The maximum absolute atomic E-state index is 3.64. The van der Waals surface area contributed by atoms with Gasteiger partial charge in [-0.25, -0.2) is 0 Å². The smallest absolute Gasteiger partial charge is 0.0405 e. The van der Waals surface area contributed by atoms with Gasteiger partial charge in [0.1, 0.15) is 0 Å². The molecule has 0 spiro atoms. The van der Waals surface area contributed by atoms with Crippen LogP contribution in [0.5, 0.6) is 0 Å². The van der Waals surface area contributed by atoms with Crippen LogP contribution in [0.4, 0.5) is 5.69 Å². The fraction of sp³-hybridized carbons (Fsp3) is 0.375. The molecule has 2 heteroatoms. The SMILES string of the molecule is Cc1ccc2c(c1C)NCC(Cc1cccs1)C2. The molecule has 0 amide bonds. The van der Waals surface area contributed by atoms with Crippen molar-refractivity contribution in [1.82, 2.24) is 0 Å². The highest BCUT2D eigenvalue weighted by Gasteiger charge is 2.20. The molecule has 2 aromatic rings. The molecule has 1 aromatic heterocycles. The summed E-state index contributed by atoms with van der Waals surface area (Å²) >= 11 is 1.88. The van der Waals surface area contributed by atoms with Crippen LogP contribution in [0.2, 0.25) is 0 Å². The van der Waals surface area contributed by atoms with Gasteiger partial charge in [0, 0.05) is 17.1 Å². The monoisotopic (exact) mass is 257 g/mol. The van der Waals surface area contributed by atoms with Gasteiger partial charge in [-0.15, -0.1) is 11.3 Å². The van der Waals surface area contributed by atoms with Crippen molar-refractivity contribution in [2.45, 2.75) is 26.7 Å². The predicted molar refractivity (Wildman–Crippen MR) is 79.6 cm³/mol. The number of rotatable bonds is 2. The molecule has 1 aliphatic rings. The van der Waals surface area contributed by atoms with Crippen LogP contribution in [0.15, 0.2) is 29.6 Å². The van der Waals surface area contributed by atoms with Crippen LogP contribution in [0.25, 0.3) is 0 Å². The summed E-state index contributed by atoms with van der Waals surface area (Å²) in [6, 6.07) is 8.95. The minimum absolute atomic E-state index is 0.734. The number of hydrogen-bond acceptors (Lipinski definition) is 2. The van der Waals surface area contributed by atoms with Gasteiger partial charge in [0.05, 0.1) is 0 Å². The standard InChI is InChI=1S/C16H19NS/c1-11-5-6-14-8-13(9-15-4-3-7-18-15)10-17-16(14)12(11)2/h3-7,13,17H,8-10H2,1-2H3. The fourth-order valence-corrected chi connectivity index (χ4v) is 3.60. The third-order valence-electron chi connectivity index (χ3n) is 3.97. The zero-order valence-electron chi connectivity index (χ0n) is 11.0. The second kappa shape index (κ2) is 4.77. The van der Waals surface area contributed by atoms with E-state index >= 15 is 0 Å². The molecule has 18 heavy (non-hydrogen) atoms. The van der Waals surface area contributed by atoms with Gasteiger partial charge in [-0.05, 0) is 60.7 Å². The zero-order chi connectivity index (χ0) is 12.5. The van der Waals surface area contributed by atoms with Gasteiger partial charge in [-0.2, -0.15) is 0 Å². The molecule has 0 fully saturated rings. The van der Waals surface area contributed by atoms with E-state index in [0.29, 0.717) is 0 Å². The lowest BCUT2D eigenvalue weighted by Gasteiger charge is -2.28. The van der Waals surface area contributed by atoms with Gasteiger partial charge in [0.15, 0.2) is 0 Å². The van der Waals surface area contributed by atoms with Gasteiger partial charge < -0.3 is 5.32 Å². The molecule has 1 N–H and O–H groups in total. The van der Waals surface area contributed by atoms with E-state index < -0.39 is 0 Å². The summed E-state index contributed by atoms with van der Waals surface area (Å²) in [7, 11) is 0. The normalized spacial score (nSPS) is 18.2. The van der Waals surface area contributed by atoms with E-state index in [1.54, 1.807) is 0 Å². The molecule has 1 aromatic carbocycles.